The molecule has 5 heteroatoms. The predicted molar refractivity (Wildman–Crippen MR) is 134 cm³/mol. The molecule has 1 unspecified atom stereocenters. The van der Waals surface area contributed by atoms with Gasteiger partial charge in [0.05, 0.1) is 18.7 Å². The number of aryl methyl sites for hydroxylation is 1. The molecule has 0 aliphatic carbocycles. The molecule has 0 aromatic heterocycles. The van der Waals surface area contributed by atoms with Crippen molar-refractivity contribution in [3.05, 3.63) is 101 Å². The molecule has 1 aliphatic heterocycles. The number of ether oxygens (including phenoxy) is 1. The van der Waals surface area contributed by atoms with E-state index in [0.717, 1.165) is 16.7 Å². The highest BCUT2D eigenvalue weighted by Crippen LogP contribution is 2.43. The van der Waals surface area contributed by atoms with E-state index < -0.39 is 17.7 Å². The maximum Gasteiger partial charge on any atom is 0.300 e. The van der Waals surface area contributed by atoms with E-state index in [1.54, 1.807) is 31.4 Å². The highest BCUT2D eigenvalue weighted by molar-refractivity contribution is 6.51. The van der Waals surface area contributed by atoms with Gasteiger partial charge in [-0.15, -0.1) is 0 Å². The molecule has 5 nitrogen and oxygen atoms in total. The summed E-state index contributed by atoms with van der Waals surface area (Å²) in [6.45, 7) is 8.09. The van der Waals surface area contributed by atoms with Gasteiger partial charge in [-0.2, -0.15) is 0 Å². The van der Waals surface area contributed by atoms with Crippen molar-refractivity contribution in [1.29, 1.82) is 0 Å². The molecule has 1 saturated heterocycles. The normalized spacial score (nSPS) is 17.8. The molecule has 0 bridgehead atoms. The summed E-state index contributed by atoms with van der Waals surface area (Å²) in [5, 5.41) is 11.5. The second-order valence-electron chi connectivity index (χ2n) is 9.53. The van der Waals surface area contributed by atoms with Crippen molar-refractivity contribution in [2.75, 3.05) is 12.0 Å². The zero-order chi connectivity index (χ0) is 24.6. The zero-order valence-electron chi connectivity index (χ0n) is 20.1. The molecule has 1 N–H and O–H groups in total. The topological polar surface area (TPSA) is 66.8 Å². The fourth-order valence-electron chi connectivity index (χ4n) is 4.47. The minimum Gasteiger partial charge on any atom is -0.507 e. The molecule has 1 atom stereocenters. The van der Waals surface area contributed by atoms with Crippen LogP contribution in [0.4, 0.5) is 5.69 Å². The molecular weight excluding hydrogens is 426 g/mol. The van der Waals surface area contributed by atoms with Crippen molar-refractivity contribution in [2.45, 2.75) is 39.2 Å². The van der Waals surface area contributed by atoms with Crippen molar-refractivity contribution in [3.8, 4) is 5.75 Å². The molecule has 174 valence electrons. The van der Waals surface area contributed by atoms with E-state index in [4.69, 9.17) is 4.74 Å². The quantitative estimate of drug-likeness (QED) is 0.301. The number of Topliss-reactive ketones (excluding diaryl/α,β-unsaturated/α-hetero) is 1. The molecule has 3 aromatic carbocycles. The summed E-state index contributed by atoms with van der Waals surface area (Å²) in [6.07, 6.45) is 0. The number of aliphatic hydroxyl groups excluding tert-OH is 1. The minimum absolute atomic E-state index is 0.0770. The molecule has 1 amide bonds. The van der Waals surface area contributed by atoms with Gasteiger partial charge in [-0.3, -0.25) is 14.5 Å². The number of methoxy groups -OCH3 is 1. The van der Waals surface area contributed by atoms with Crippen LogP contribution in [0.15, 0.2) is 78.4 Å². The lowest BCUT2D eigenvalue weighted by Gasteiger charge is -2.27. The number of rotatable bonds is 4. The third-order valence-corrected chi connectivity index (χ3v) is 6.24. The van der Waals surface area contributed by atoms with Crippen LogP contribution in [0.3, 0.4) is 0 Å². The Hall–Kier alpha value is -3.86. The van der Waals surface area contributed by atoms with Crippen molar-refractivity contribution < 1.29 is 19.4 Å². The zero-order valence-corrected chi connectivity index (χ0v) is 20.1. The number of aliphatic hydroxyl groups is 1. The van der Waals surface area contributed by atoms with Gasteiger partial charge in [-0.05, 0) is 53.8 Å². The summed E-state index contributed by atoms with van der Waals surface area (Å²) < 4.78 is 5.52. The van der Waals surface area contributed by atoms with Crippen LogP contribution in [0.2, 0.25) is 0 Å². The fraction of sp³-hybridized carbons (Fsp3) is 0.241. The summed E-state index contributed by atoms with van der Waals surface area (Å²) in [4.78, 5) is 28.1. The van der Waals surface area contributed by atoms with Crippen LogP contribution in [-0.4, -0.2) is 23.9 Å². The second kappa shape index (κ2) is 8.82. The first kappa shape index (κ1) is 23.3. The molecular formula is C29H29NO4. The van der Waals surface area contributed by atoms with Crippen LogP contribution in [0, 0.1) is 6.92 Å². The number of amides is 1. The van der Waals surface area contributed by atoms with Crippen LogP contribution >= 0.6 is 0 Å². The van der Waals surface area contributed by atoms with Gasteiger partial charge in [0, 0.05) is 16.8 Å². The van der Waals surface area contributed by atoms with E-state index >= 15 is 0 Å². The number of nitrogens with zero attached hydrogens (tertiary/aromatic N) is 1. The summed E-state index contributed by atoms with van der Waals surface area (Å²) in [7, 11) is 1.60. The van der Waals surface area contributed by atoms with E-state index in [1.165, 1.54) is 4.90 Å². The Labute approximate surface area is 200 Å². The average molecular weight is 456 g/mol. The number of benzene rings is 3. The Morgan fingerprint density at radius 2 is 1.59 bits per heavy atom. The molecule has 1 fully saturated rings. The van der Waals surface area contributed by atoms with E-state index in [1.807, 2.05) is 55.5 Å². The first-order valence-corrected chi connectivity index (χ1v) is 11.3. The molecule has 4 rings (SSSR count). The molecule has 1 heterocycles. The van der Waals surface area contributed by atoms with Gasteiger partial charge in [0.2, 0.25) is 0 Å². The van der Waals surface area contributed by atoms with Gasteiger partial charge in [-0.1, -0.05) is 63.2 Å². The molecule has 0 saturated carbocycles. The SMILES string of the molecule is COc1ccc(/C(O)=C2\C(=O)C(=O)N(c3ccccc3)C2c2ccccc2C)cc1C(C)(C)C. The van der Waals surface area contributed by atoms with E-state index in [-0.39, 0.29) is 16.7 Å². The highest BCUT2D eigenvalue weighted by atomic mass is 16.5. The van der Waals surface area contributed by atoms with Crippen molar-refractivity contribution in [2.24, 2.45) is 0 Å². The lowest BCUT2D eigenvalue weighted by Crippen LogP contribution is -2.29. The Kier molecular flexibility index (Phi) is 6.05. The van der Waals surface area contributed by atoms with Gasteiger partial charge >= 0.3 is 0 Å². The first-order chi connectivity index (χ1) is 16.1. The summed E-state index contributed by atoms with van der Waals surface area (Å²) in [5.74, 6) is -0.865. The number of hydrogen-bond acceptors (Lipinski definition) is 4. The Balaban J connectivity index is 1.98. The maximum absolute atomic E-state index is 13.4. The van der Waals surface area contributed by atoms with E-state index in [2.05, 4.69) is 20.8 Å². The Morgan fingerprint density at radius 1 is 0.941 bits per heavy atom. The van der Waals surface area contributed by atoms with Gasteiger partial charge in [0.25, 0.3) is 11.7 Å². The van der Waals surface area contributed by atoms with Crippen molar-refractivity contribution in [3.63, 3.8) is 0 Å². The highest BCUT2D eigenvalue weighted by Gasteiger charge is 2.47. The number of carbonyl (C=O) groups is 2. The first-order valence-electron chi connectivity index (χ1n) is 11.3. The van der Waals surface area contributed by atoms with Gasteiger partial charge < -0.3 is 9.84 Å². The fourth-order valence-corrected chi connectivity index (χ4v) is 4.47. The molecule has 3 aromatic rings. The van der Waals surface area contributed by atoms with Crippen LogP contribution in [-0.2, 0) is 15.0 Å². The summed E-state index contributed by atoms with van der Waals surface area (Å²) >= 11 is 0. The van der Waals surface area contributed by atoms with Gasteiger partial charge in [-0.25, -0.2) is 0 Å². The average Bonchev–Trinajstić information content (AvgIpc) is 3.08. The van der Waals surface area contributed by atoms with Crippen LogP contribution < -0.4 is 9.64 Å². The largest absolute Gasteiger partial charge is 0.507 e. The van der Waals surface area contributed by atoms with E-state index in [9.17, 15) is 14.7 Å². The van der Waals surface area contributed by atoms with Crippen LogP contribution in [0.25, 0.3) is 5.76 Å². The third kappa shape index (κ3) is 3.98. The number of carbonyl (C=O) groups excluding carboxylic acids is 2. The minimum atomic E-state index is -0.746. The Morgan fingerprint density at radius 3 is 2.21 bits per heavy atom. The van der Waals surface area contributed by atoms with Crippen molar-refractivity contribution >= 4 is 23.1 Å². The van der Waals surface area contributed by atoms with Crippen LogP contribution in [0.5, 0.6) is 5.75 Å². The smallest absolute Gasteiger partial charge is 0.300 e. The third-order valence-electron chi connectivity index (χ3n) is 6.24. The summed E-state index contributed by atoms with van der Waals surface area (Å²) in [6, 6.07) is 21.3. The Bertz CT molecular complexity index is 1280. The summed E-state index contributed by atoms with van der Waals surface area (Å²) in [5.41, 5.74) is 3.49. The number of para-hydroxylation sites is 1. The number of anilines is 1. The lowest BCUT2D eigenvalue weighted by molar-refractivity contribution is -0.132. The van der Waals surface area contributed by atoms with Gasteiger partial charge in [0.1, 0.15) is 11.5 Å². The number of hydrogen-bond donors (Lipinski definition) is 1. The monoisotopic (exact) mass is 455 g/mol. The van der Waals surface area contributed by atoms with Gasteiger partial charge in [0.15, 0.2) is 0 Å². The van der Waals surface area contributed by atoms with E-state index in [0.29, 0.717) is 17.0 Å². The maximum atomic E-state index is 13.4. The second-order valence-corrected chi connectivity index (χ2v) is 9.53. The standard InChI is InChI=1S/C29H29NO4/c1-18-11-9-10-14-21(18)25-24(27(32)28(33)30(25)20-12-7-6-8-13-20)26(31)19-15-16-23(34-5)22(17-19)29(2,3)4/h6-17,25,31H,1-5H3/b26-24+. The van der Waals surface area contributed by atoms with Crippen molar-refractivity contribution in [1.82, 2.24) is 0 Å². The van der Waals surface area contributed by atoms with Crippen LogP contribution in [0.1, 0.15) is 49.1 Å². The lowest BCUT2D eigenvalue weighted by atomic mass is 9.84. The number of ketones is 1. The predicted octanol–water partition coefficient (Wildman–Crippen LogP) is 5.93. The molecule has 0 radical (unpaired) electrons. The molecule has 1 aliphatic rings. The molecule has 0 spiro atoms. The molecule has 34 heavy (non-hydrogen) atoms.